The Hall–Kier alpha value is -0.673. The number of ether oxygens (including phenoxy) is 1. The number of aryl methyl sites for hydroxylation is 1. The molecule has 0 radical (unpaired) electrons. The van der Waals surface area contributed by atoms with Gasteiger partial charge in [-0.1, -0.05) is 82.0 Å². The standard InChI is InChI=1S/C23H37FOSi/c1-17(2)26(18(3)4,20-11-9-19(5)10-12-20)16-22-21(24)15-23(25-22)13-7-6-8-14-23/h9-12,17-18,21-22H,6-8,13-16H2,1-5H3/t21-,22-/m1/s1. The lowest BCUT2D eigenvalue weighted by Gasteiger charge is -2.42. The van der Waals surface area contributed by atoms with Crippen molar-refractivity contribution >= 4 is 13.3 Å². The number of alkyl halides is 1. The van der Waals surface area contributed by atoms with E-state index < -0.39 is 14.2 Å². The molecule has 2 fully saturated rings. The van der Waals surface area contributed by atoms with E-state index in [2.05, 4.69) is 58.9 Å². The van der Waals surface area contributed by atoms with E-state index in [0.717, 1.165) is 18.9 Å². The lowest BCUT2D eigenvalue weighted by atomic mass is 9.82. The van der Waals surface area contributed by atoms with Crippen molar-refractivity contribution < 1.29 is 9.13 Å². The molecule has 0 amide bonds. The predicted octanol–water partition coefficient (Wildman–Crippen LogP) is 6.30. The van der Waals surface area contributed by atoms with Crippen LogP contribution in [0.15, 0.2) is 24.3 Å². The zero-order chi connectivity index (χ0) is 18.9. The third-order valence-corrected chi connectivity index (χ3v) is 13.9. The van der Waals surface area contributed by atoms with Crippen molar-refractivity contribution in [2.45, 2.75) is 108 Å². The van der Waals surface area contributed by atoms with Gasteiger partial charge in [0.05, 0.1) is 19.8 Å². The molecule has 1 saturated carbocycles. The molecule has 0 bridgehead atoms. The highest BCUT2D eigenvalue weighted by Crippen LogP contribution is 2.47. The molecular formula is C23H37FOSi. The van der Waals surface area contributed by atoms with Gasteiger partial charge in [-0.2, -0.15) is 0 Å². The van der Waals surface area contributed by atoms with E-state index in [1.54, 1.807) is 0 Å². The Morgan fingerprint density at radius 2 is 1.62 bits per heavy atom. The maximum absolute atomic E-state index is 15.2. The van der Waals surface area contributed by atoms with E-state index in [9.17, 15) is 0 Å². The Labute approximate surface area is 160 Å². The van der Waals surface area contributed by atoms with E-state index in [1.165, 1.54) is 30.0 Å². The maximum atomic E-state index is 15.2. The second-order valence-corrected chi connectivity index (χ2v) is 14.9. The average molecular weight is 377 g/mol. The molecule has 146 valence electrons. The fourth-order valence-electron chi connectivity index (χ4n) is 5.74. The highest BCUT2D eigenvalue weighted by atomic mass is 28.3. The fourth-order valence-corrected chi connectivity index (χ4v) is 11.4. The third-order valence-electron chi connectivity index (χ3n) is 7.33. The van der Waals surface area contributed by atoms with Crippen LogP contribution in [0.3, 0.4) is 0 Å². The lowest BCUT2D eigenvalue weighted by molar-refractivity contribution is -0.0610. The highest BCUT2D eigenvalue weighted by Gasteiger charge is 2.52. The normalized spacial score (nSPS) is 26.2. The Kier molecular flexibility index (Phi) is 5.98. The van der Waals surface area contributed by atoms with Gasteiger partial charge < -0.3 is 4.74 Å². The van der Waals surface area contributed by atoms with Gasteiger partial charge >= 0.3 is 0 Å². The summed E-state index contributed by atoms with van der Waals surface area (Å²) >= 11 is 0. The van der Waals surface area contributed by atoms with Gasteiger partial charge in [0, 0.05) is 6.42 Å². The summed E-state index contributed by atoms with van der Waals surface area (Å²) in [6.45, 7) is 11.5. The summed E-state index contributed by atoms with van der Waals surface area (Å²) in [7, 11) is -1.90. The number of hydrogen-bond acceptors (Lipinski definition) is 1. The minimum Gasteiger partial charge on any atom is -0.369 e. The maximum Gasteiger partial charge on any atom is 0.129 e. The SMILES string of the molecule is Cc1ccc([Si](C[C@H]2OC3(CCCCC3)C[C@H]2F)(C(C)C)C(C)C)cc1. The minimum absolute atomic E-state index is 0.149. The summed E-state index contributed by atoms with van der Waals surface area (Å²) in [4.78, 5) is 0. The van der Waals surface area contributed by atoms with Gasteiger partial charge in [-0.3, -0.25) is 0 Å². The summed E-state index contributed by atoms with van der Waals surface area (Å²) in [6, 6.07) is 10.0. The van der Waals surface area contributed by atoms with Gasteiger partial charge in [-0.15, -0.1) is 0 Å². The molecule has 1 aromatic carbocycles. The van der Waals surface area contributed by atoms with E-state index in [-0.39, 0.29) is 11.7 Å². The first-order chi connectivity index (χ1) is 12.3. The topological polar surface area (TPSA) is 9.23 Å². The van der Waals surface area contributed by atoms with Crippen LogP contribution in [-0.2, 0) is 4.74 Å². The van der Waals surface area contributed by atoms with Crippen molar-refractivity contribution in [3.05, 3.63) is 29.8 Å². The fraction of sp³-hybridized carbons (Fsp3) is 0.739. The highest BCUT2D eigenvalue weighted by molar-refractivity contribution is 6.94. The largest absolute Gasteiger partial charge is 0.369 e. The number of benzene rings is 1. The number of hydrogen-bond donors (Lipinski definition) is 0. The number of rotatable bonds is 5. The monoisotopic (exact) mass is 376 g/mol. The molecule has 1 aromatic rings. The van der Waals surface area contributed by atoms with Crippen molar-refractivity contribution in [2.24, 2.45) is 0 Å². The quantitative estimate of drug-likeness (QED) is 0.548. The molecule has 2 atom stereocenters. The molecule has 1 spiro atoms. The minimum atomic E-state index is -1.90. The van der Waals surface area contributed by atoms with Crippen molar-refractivity contribution in [3.8, 4) is 0 Å². The third kappa shape index (κ3) is 3.67. The first-order valence-corrected chi connectivity index (χ1v) is 13.0. The van der Waals surface area contributed by atoms with E-state index in [0.29, 0.717) is 17.5 Å². The van der Waals surface area contributed by atoms with Crippen LogP contribution >= 0.6 is 0 Å². The smallest absolute Gasteiger partial charge is 0.129 e. The van der Waals surface area contributed by atoms with Crippen LogP contribution in [0.25, 0.3) is 0 Å². The first-order valence-electron chi connectivity index (χ1n) is 10.7. The molecule has 1 nitrogen and oxygen atoms in total. The Morgan fingerprint density at radius 3 is 2.15 bits per heavy atom. The van der Waals surface area contributed by atoms with Gasteiger partial charge in [0.1, 0.15) is 6.17 Å². The molecule has 1 saturated heterocycles. The molecule has 3 heteroatoms. The molecule has 1 aliphatic heterocycles. The van der Waals surface area contributed by atoms with Gasteiger partial charge in [0.15, 0.2) is 0 Å². The summed E-state index contributed by atoms with van der Waals surface area (Å²) in [5.74, 6) is 0. The van der Waals surface area contributed by atoms with Crippen molar-refractivity contribution in [2.75, 3.05) is 0 Å². The van der Waals surface area contributed by atoms with Gasteiger partial charge in [-0.25, -0.2) is 4.39 Å². The van der Waals surface area contributed by atoms with Gasteiger partial charge in [-0.05, 0) is 36.9 Å². The molecule has 3 rings (SSSR count). The zero-order valence-corrected chi connectivity index (χ0v) is 18.4. The van der Waals surface area contributed by atoms with Gasteiger partial charge in [0.25, 0.3) is 0 Å². The first kappa shape index (κ1) is 20.1. The summed E-state index contributed by atoms with van der Waals surface area (Å²) in [5, 5.41) is 1.48. The molecule has 0 N–H and O–H groups in total. The zero-order valence-electron chi connectivity index (χ0n) is 17.4. The van der Waals surface area contributed by atoms with Crippen molar-refractivity contribution in [1.29, 1.82) is 0 Å². The number of halogens is 1. The van der Waals surface area contributed by atoms with Crippen LogP contribution in [0.2, 0.25) is 17.1 Å². The second kappa shape index (κ2) is 7.75. The van der Waals surface area contributed by atoms with E-state index in [4.69, 9.17) is 4.74 Å². The van der Waals surface area contributed by atoms with E-state index >= 15 is 4.39 Å². The second-order valence-electron chi connectivity index (χ2n) is 9.54. The van der Waals surface area contributed by atoms with Crippen LogP contribution in [0, 0.1) is 6.92 Å². The molecule has 2 aliphatic rings. The Bertz CT molecular complexity index is 581. The van der Waals surface area contributed by atoms with Crippen LogP contribution in [-0.4, -0.2) is 26.0 Å². The summed E-state index contributed by atoms with van der Waals surface area (Å²) in [5.41, 5.74) is 2.29. The molecule has 0 aromatic heterocycles. The summed E-state index contributed by atoms with van der Waals surface area (Å²) < 4.78 is 21.7. The van der Waals surface area contributed by atoms with Crippen LogP contribution in [0.4, 0.5) is 4.39 Å². The molecular weight excluding hydrogens is 339 g/mol. The Morgan fingerprint density at radius 1 is 1.04 bits per heavy atom. The van der Waals surface area contributed by atoms with Crippen LogP contribution < -0.4 is 5.19 Å². The average Bonchev–Trinajstić information content (AvgIpc) is 2.88. The predicted molar refractivity (Wildman–Crippen MR) is 112 cm³/mol. The molecule has 26 heavy (non-hydrogen) atoms. The lowest BCUT2D eigenvalue weighted by Crippen LogP contribution is -2.55. The van der Waals surface area contributed by atoms with Crippen LogP contribution in [0.1, 0.15) is 71.8 Å². The van der Waals surface area contributed by atoms with Gasteiger partial charge in [0.2, 0.25) is 0 Å². The molecule has 0 unspecified atom stereocenters. The molecule has 1 heterocycles. The van der Waals surface area contributed by atoms with Crippen molar-refractivity contribution in [3.63, 3.8) is 0 Å². The summed E-state index contributed by atoms with van der Waals surface area (Å²) in [6.07, 6.45) is 5.45. The van der Waals surface area contributed by atoms with Crippen molar-refractivity contribution in [1.82, 2.24) is 0 Å². The Balaban J connectivity index is 1.89. The molecule has 1 aliphatic carbocycles. The van der Waals surface area contributed by atoms with E-state index in [1.807, 2.05) is 0 Å². The van der Waals surface area contributed by atoms with Crippen LogP contribution in [0.5, 0.6) is 0 Å².